The summed E-state index contributed by atoms with van der Waals surface area (Å²) in [4.78, 5) is 0. The van der Waals surface area contributed by atoms with Gasteiger partial charge in [0.25, 0.3) is 0 Å². The lowest BCUT2D eigenvalue weighted by Crippen LogP contribution is -2.61. The Kier molecular flexibility index (Phi) is 4.23. The monoisotopic (exact) mass is 257 g/mol. The molecule has 0 amide bonds. The van der Waals surface area contributed by atoms with Gasteiger partial charge < -0.3 is 20.7 Å². The number of nitrogens with two attached hydrogens (primary N) is 1. The van der Waals surface area contributed by atoms with Crippen LogP contribution in [0.4, 0.5) is 0 Å². The number of aliphatic hydroxyl groups is 2. The van der Waals surface area contributed by atoms with Crippen molar-refractivity contribution in [1.29, 1.82) is 0 Å². The van der Waals surface area contributed by atoms with Crippen LogP contribution in [0, 0.1) is 0 Å². The maximum absolute atomic E-state index is 10.3. The van der Waals surface area contributed by atoms with Gasteiger partial charge in [0.05, 0.1) is 18.8 Å². The second kappa shape index (κ2) is 4.92. The molecule has 0 radical (unpaired) electrons. The molecule has 5 atom stereocenters. The molecule has 1 rings (SSSR count). The summed E-state index contributed by atoms with van der Waals surface area (Å²) in [6.07, 6.45) is -4.23. The standard InChI is InChI=1S/C7H15NO7S/c1-3-5(8)7(10)6(9)4(15-3)2-14-16(11,12)13/h3-7,9-10H,2,8H2,1H3,(H,11,12,13). The molecular weight excluding hydrogens is 242 g/mol. The normalized spacial score (nSPS) is 40.9. The third-order valence-corrected chi connectivity index (χ3v) is 2.87. The first-order valence-electron chi connectivity index (χ1n) is 4.61. The minimum Gasteiger partial charge on any atom is -0.389 e. The van der Waals surface area contributed by atoms with E-state index in [0.29, 0.717) is 0 Å². The van der Waals surface area contributed by atoms with Crippen LogP contribution in [0.5, 0.6) is 0 Å². The molecule has 0 aromatic rings. The summed E-state index contributed by atoms with van der Waals surface area (Å²) >= 11 is 0. The van der Waals surface area contributed by atoms with E-state index in [1.807, 2.05) is 0 Å². The fourth-order valence-corrected chi connectivity index (χ4v) is 1.77. The van der Waals surface area contributed by atoms with Gasteiger partial charge in [0, 0.05) is 0 Å². The van der Waals surface area contributed by atoms with Gasteiger partial charge in [-0.15, -0.1) is 0 Å². The largest absolute Gasteiger partial charge is 0.397 e. The fourth-order valence-electron chi connectivity index (χ4n) is 1.46. The molecule has 1 saturated heterocycles. The third kappa shape index (κ3) is 3.35. The average molecular weight is 257 g/mol. The van der Waals surface area contributed by atoms with E-state index in [9.17, 15) is 18.6 Å². The van der Waals surface area contributed by atoms with Crippen LogP contribution >= 0.6 is 0 Å². The Balaban J connectivity index is 2.61. The van der Waals surface area contributed by atoms with Crippen molar-refractivity contribution in [2.45, 2.75) is 37.4 Å². The Hall–Kier alpha value is -0.290. The summed E-state index contributed by atoms with van der Waals surface area (Å²) in [5.41, 5.74) is 5.51. The van der Waals surface area contributed by atoms with Gasteiger partial charge >= 0.3 is 10.4 Å². The molecule has 9 heteroatoms. The molecule has 0 saturated carbocycles. The Morgan fingerprint density at radius 2 is 1.94 bits per heavy atom. The van der Waals surface area contributed by atoms with Crippen LogP contribution in [0.3, 0.4) is 0 Å². The van der Waals surface area contributed by atoms with Crippen molar-refractivity contribution in [3.63, 3.8) is 0 Å². The van der Waals surface area contributed by atoms with E-state index in [2.05, 4.69) is 4.18 Å². The Morgan fingerprint density at radius 1 is 1.38 bits per heavy atom. The van der Waals surface area contributed by atoms with Gasteiger partial charge in [0.15, 0.2) is 0 Å². The van der Waals surface area contributed by atoms with Crippen LogP contribution in [0.25, 0.3) is 0 Å². The van der Waals surface area contributed by atoms with Crippen LogP contribution in [0.1, 0.15) is 6.92 Å². The first-order valence-corrected chi connectivity index (χ1v) is 5.98. The molecule has 1 fully saturated rings. The molecule has 1 aliphatic heterocycles. The number of hydrogen-bond acceptors (Lipinski definition) is 7. The summed E-state index contributed by atoms with van der Waals surface area (Å²) < 4.78 is 38.2. The zero-order chi connectivity index (χ0) is 12.5. The van der Waals surface area contributed by atoms with Crippen LogP contribution < -0.4 is 5.73 Å². The molecule has 8 nitrogen and oxygen atoms in total. The Bertz CT molecular complexity index is 332. The van der Waals surface area contributed by atoms with Crippen molar-refractivity contribution < 1.29 is 32.1 Å². The average Bonchev–Trinajstić information content (AvgIpc) is 2.17. The number of aliphatic hydroxyl groups excluding tert-OH is 2. The van der Waals surface area contributed by atoms with Gasteiger partial charge in [0.1, 0.15) is 18.3 Å². The topological polar surface area (TPSA) is 139 Å². The molecule has 96 valence electrons. The summed E-state index contributed by atoms with van der Waals surface area (Å²) in [7, 11) is -4.60. The van der Waals surface area contributed by atoms with Gasteiger partial charge in [-0.2, -0.15) is 8.42 Å². The maximum Gasteiger partial charge on any atom is 0.397 e. The van der Waals surface area contributed by atoms with Crippen molar-refractivity contribution in [1.82, 2.24) is 0 Å². The molecular formula is C7H15NO7S. The highest BCUT2D eigenvalue weighted by atomic mass is 32.3. The van der Waals surface area contributed by atoms with Crippen LogP contribution in [0.2, 0.25) is 0 Å². The number of ether oxygens (including phenoxy) is 1. The SMILES string of the molecule is CC1OC(COS(=O)(=O)O)C(O)C(O)C1N. The molecule has 0 spiro atoms. The third-order valence-electron chi connectivity index (χ3n) is 2.44. The fraction of sp³-hybridized carbons (Fsp3) is 1.00. The van der Waals surface area contributed by atoms with Crippen molar-refractivity contribution >= 4 is 10.4 Å². The van der Waals surface area contributed by atoms with E-state index in [0.717, 1.165) is 0 Å². The molecule has 1 heterocycles. The number of rotatable bonds is 3. The van der Waals surface area contributed by atoms with E-state index in [1.165, 1.54) is 0 Å². The summed E-state index contributed by atoms with van der Waals surface area (Å²) in [6.45, 7) is 0.980. The molecule has 1 aliphatic rings. The van der Waals surface area contributed by atoms with Gasteiger partial charge in [-0.05, 0) is 6.92 Å². The minimum atomic E-state index is -4.60. The van der Waals surface area contributed by atoms with Gasteiger partial charge in [-0.3, -0.25) is 4.55 Å². The highest BCUT2D eigenvalue weighted by Gasteiger charge is 2.41. The maximum atomic E-state index is 10.3. The molecule has 0 aromatic heterocycles. The molecule has 16 heavy (non-hydrogen) atoms. The smallest absolute Gasteiger partial charge is 0.389 e. The van der Waals surface area contributed by atoms with E-state index in [4.69, 9.17) is 15.0 Å². The van der Waals surface area contributed by atoms with E-state index < -0.39 is 47.5 Å². The lowest BCUT2D eigenvalue weighted by atomic mass is 9.94. The molecule has 5 N–H and O–H groups in total. The van der Waals surface area contributed by atoms with Crippen LogP contribution in [-0.4, -0.2) is 60.2 Å². The van der Waals surface area contributed by atoms with E-state index in [-0.39, 0.29) is 0 Å². The van der Waals surface area contributed by atoms with Gasteiger partial charge in [-0.25, -0.2) is 4.18 Å². The zero-order valence-electron chi connectivity index (χ0n) is 8.55. The lowest BCUT2D eigenvalue weighted by molar-refractivity contribution is -0.181. The Labute approximate surface area is 92.9 Å². The van der Waals surface area contributed by atoms with E-state index in [1.54, 1.807) is 6.92 Å². The number of hydrogen-bond donors (Lipinski definition) is 4. The van der Waals surface area contributed by atoms with Crippen LogP contribution in [-0.2, 0) is 19.3 Å². The van der Waals surface area contributed by atoms with Crippen LogP contribution in [0.15, 0.2) is 0 Å². The summed E-state index contributed by atoms with van der Waals surface area (Å²) in [6, 6.07) is -0.767. The van der Waals surface area contributed by atoms with Gasteiger partial charge in [-0.1, -0.05) is 0 Å². The molecule has 0 aliphatic carbocycles. The Morgan fingerprint density at radius 3 is 2.44 bits per heavy atom. The van der Waals surface area contributed by atoms with Crippen molar-refractivity contribution in [3.05, 3.63) is 0 Å². The summed E-state index contributed by atoms with van der Waals surface area (Å²) in [5, 5.41) is 19.0. The van der Waals surface area contributed by atoms with Gasteiger partial charge in [0.2, 0.25) is 0 Å². The highest BCUT2D eigenvalue weighted by Crippen LogP contribution is 2.20. The quantitative estimate of drug-likeness (QED) is 0.412. The summed E-state index contributed by atoms with van der Waals surface area (Å²) in [5.74, 6) is 0. The minimum absolute atomic E-state index is 0.562. The highest BCUT2D eigenvalue weighted by molar-refractivity contribution is 7.80. The zero-order valence-corrected chi connectivity index (χ0v) is 9.37. The predicted molar refractivity (Wildman–Crippen MR) is 51.8 cm³/mol. The molecule has 0 bridgehead atoms. The lowest BCUT2D eigenvalue weighted by Gasteiger charge is -2.39. The first-order chi connectivity index (χ1) is 7.22. The van der Waals surface area contributed by atoms with Crippen molar-refractivity contribution in [2.75, 3.05) is 6.61 Å². The van der Waals surface area contributed by atoms with Crippen molar-refractivity contribution in [3.8, 4) is 0 Å². The van der Waals surface area contributed by atoms with Crippen molar-refractivity contribution in [2.24, 2.45) is 5.73 Å². The predicted octanol–water partition coefficient (Wildman–Crippen LogP) is -2.36. The molecule has 5 unspecified atom stereocenters. The molecule has 0 aromatic carbocycles. The second-order valence-electron chi connectivity index (χ2n) is 3.65. The van der Waals surface area contributed by atoms with E-state index >= 15 is 0 Å². The second-order valence-corrected chi connectivity index (χ2v) is 4.74. The first kappa shape index (κ1) is 13.8.